The molecule has 0 atom stereocenters. The molecule has 4 aromatic heterocycles. The fraction of sp³-hybridized carbons (Fsp3) is 0.385. The Hall–Kier alpha value is -4.24. The minimum atomic E-state index is -0.512. The highest BCUT2D eigenvalue weighted by atomic mass is 32.1. The van der Waals surface area contributed by atoms with Gasteiger partial charge in [0.15, 0.2) is 5.01 Å². The molecule has 1 amide bonds. The zero-order chi connectivity index (χ0) is 26.9. The van der Waals surface area contributed by atoms with Gasteiger partial charge in [-0.1, -0.05) is 11.3 Å². The van der Waals surface area contributed by atoms with Crippen molar-refractivity contribution in [2.75, 3.05) is 42.9 Å². The van der Waals surface area contributed by atoms with E-state index >= 15 is 0 Å². The van der Waals surface area contributed by atoms with Crippen molar-refractivity contribution in [1.29, 1.82) is 5.26 Å². The molecule has 0 saturated carbocycles. The summed E-state index contributed by atoms with van der Waals surface area (Å²) in [5.74, 6) is 0. The van der Waals surface area contributed by atoms with Gasteiger partial charge in [-0.2, -0.15) is 10.4 Å². The summed E-state index contributed by atoms with van der Waals surface area (Å²) in [5, 5.41) is 27.5. The minimum Gasteiger partial charge on any atom is -0.444 e. The van der Waals surface area contributed by atoms with Gasteiger partial charge in [0.2, 0.25) is 5.13 Å². The Bertz CT molecular complexity index is 1510. The number of hydrogen-bond donors (Lipinski definition) is 1. The van der Waals surface area contributed by atoms with E-state index in [2.05, 4.69) is 31.6 Å². The number of ether oxygens (including phenoxy) is 1. The van der Waals surface area contributed by atoms with E-state index in [1.165, 1.54) is 11.3 Å². The molecule has 0 bridgehead atoms. The molecule has 11 nitrogen and oxygen atoms in total. The maximum absolute atomic E-state index is 12.4. The molecule has 196 valence electrons. The van der Waals surface area contributed by atoms with Crippen molar-refractivity contribution in [3.05, 3.63) is 42.2 Å². The van der Waals surface area contributed by atoms with E-state index in [4.69, 9.17) is 15.0 Å². The number of rotatable bonds is 5. The van der Waals surface area contributed by atoms with Crippen molar-refractivity contribution in [2.45, 2.75) is 33.3 Å². The highest BCUT2D eigenvalue weighted by Crippen LogP contribution is 2.35. The topological polar surface area (TPSA) is 125 Å². The first-order valence-corrected chi connectivity index (χ1v) is 13.3. The predicted octanol–water partition coefficient (Wildman–Crippen LogP) is 4.28. The molecule has 1 saturated heterocycles. The van der Waals surface area contributed by atoms with Crippen molar-refractivity contribution >= 4 is 33.8 Å². The van der Waals surface area contributed by atoms with Crippen molar-refractivity contribution in [2.24, 2.45) is 0 Å². The SMILES string of the molecule is CCNc1cc(-c2ccc3cc(C#N)cnn23)ncc1-c1nnc(N2CCN(C(=O)OC(C)(C)C)CC2)s1. The first-order chi connectivity index (χ1) is 18.3. The molecule has 0 aliphatic carbocycles. The van der Waals surface area contributed by atoms with Gasteiger partial charge in [-0.15, -0.1) is 10.2 Å². The van der Waals surface area contributed by atoms with Gasteiger partial charge >= 0.3 is 6.09 Å². The lowest BCUT2D eigenvalue weighted by Gasteiger charge is -2.35. The van der Waals surface area contributed by atoms with Crippen molar-refractivity contribution in [1.82, 2.24) is 29.7 Å². The number of carbonyl (C=O) groups is 1. The Balaban J connectivity index is 1.35. The molecule has 1 N–H and O–H groups in total. The monoisotopic (exact) mass is 531 g/mol. The molecule has 1 aliphatic heterocycles. The number of pyridine rings is 1. The molecule has 1 fully saturated rings. The largest absolute Gasteiger partial charge is 0.444 e. The van der Waals surface area contributed by atoms with Crippen LogP contribution < -0.4 is 10.2 Å². The van der Waals surface area contributed by atoms with Gasteiger partial charge in [-0.3, -0.25) is 4.98 Å². The maximum Gasteiger partial charge on any atom is 0.410 e. The second-order valence-corrected chi connectivity index (χ2v) is 10.9. The van der Waals surface area contributed by atoms with Crippen LogP contribution in [0.4, 0.5) is 15.6 Å². The van der Waals surface area contributed by atoms with Crippen LogP contribution in [0.15, 0.2) is 36.7 Å². The quantitative estimate of drug-likeness (QED) is 0.402. The second-order valence-electron chi connectivity index (χ2n) is 9.90. The molecular weight excluding hydrogens is 502 g/mol. The van der Waals surface area contributed by atoms with Crippen molar-refractivity contribution < 1.29 is 9.53 Å². The summed E-state index contributed by atoms with van der Waals surface area (Å²) in [6, 6.07) is 9.77. The first kappa shape index (κ1) is 25.4. The van der Waals surface area contributed by atoms with Gasteiger partial charge in [0, 0.05) is 44.6 Å². The van der Waals surface area contributed by atoms with Gasteiger partial charge in [0.1, 0.15) is 11.7 Å². The number of carbonyl (C=O) groups excluding carboxylic acids is 1. The number of piperazine rings is 1. The molecular formula is C26H29N9O2S. The van der Waals surface area contributed by atoms with Crippen LogP contribution in [0.5, 0.6) is 0 Å². The molecule has 5 rings (SSSR count). The number of amides is 1. The fourth-order valence-electron chi connectivity index (χ4n) is 4.22. The Kier molecular flexibility index (Phi) is 6.86. The molecule has 0 unspecified atom stereocenters. The van der Waals surface area contributed by atoms with Crippen molar-refractivity contribution in [3.63, 3.8) is 0 Å². The van der Waals surface area contributed by atoms with Crippen LogP contribution in [0.2, 0.25) is 0 Å². The zero-order valence-corrected chi connectivity index (χ0v) is 22.6. The Morgan fingerprint density at radius 3 is 2.66 bits per heavy atom. The highest BCUT2D eigenvalue weighted by Gasteiger charge is 2.27. The van der Waals surface area contributed by atoms with E-state index in [1.807, 2.05) is 45.9 Å². The van der Waals surface area contributed by atoms with Gasteiger partial charge in [0.05, 0.1) is 34.2 Å². The molecule has 12 heteroatoms. The molecule has 4 aromatic rings. The zero-order valence-electron chi connectivity index (χ0n) is 21.8. The number of nitriles is 1. The fourth-order valence-corrected chi connectivity index (χ4v) is 5.14. The molecule has 1 aliphatic rings. The average molecular weight is 532 g/mol. The van der Waals surface area contributed by atoms with Gasteiger partial charge < -0.3 is 19.9 Å². The van der Waals surface area contributed by atoms with Crippen LogP contribution in [-0.2, 0) is 4.74 Å². The lowest BCUT2D eigenvalue weighted by Crippen LogP contribution is -2.50. The van der Waals surface area contributed by atoms with E-state index < -0.39 is 5.60 Å². The van der Waals surface area contributed by atoms with Gasteiger partial charge in [-0.05, 0) is 52.0 Å². The third-order valence-corrected chi connectivity index (χ3v) is 7.03. The Morgan fingerprint density at radius 2 is 1.95 bits per heavy atom. The maximum atomic E-state index is 12.4. The average Bonchev–Trinajstić information content (AvgIpc) is 3.55. The standard InChI is InChI=1S/C26H29N9O2S/c1-5-28-20-13-21(22-7-6-18-12-17(14-27)15-30-35(18)22)29-16-19(20)23-31-32-24(38-23)33-8-10-34(11-9-33)25(36)37-26(2,3)4/h6-7,12-13,15-16H,5,8-11H2,1-4H3,(H,28,29). The molecule has 0 spiro atoms. The number of nitrogens with zero attached hydrogens (tertiary/aromatic N) is 8. The van der Waals surface area contributed by atoms with Gasteiger partial charge in [-0.25, -0.2) is 9.31 Å². The van der Waals surface area contributed by atoms with Gasteiger partial charge in [0.25, 0.3) is 0 Å². The van der Waals surface area contributed by atoms with E-state index in [-0.39, 0.29) is 6.09 Å². The third-order valence-electron chi connectivity index (χ3n) is 6.01. The first-order valence-electron chi connectivity index (χ1n) is 12.4. The third kappa shape index (κ3) is 5.24. The smallest absolute Gasteiger partial charge is 0.410 e. The summed E-state index contributed by atoms with van der Waals surface area (Å²) in [7, 11) is 0. The lowest BCUT2D eigenvalue weighted by atomic mass is 10.2. The number of hydrogen-bond acceptors (Lipinski definition) is 10. The molecule has 0 aromatic carbocycles. The van der Waals surface area contributed by atoms with Crippen LogP contribution in [0.25, 0.3) is 27.5 Å². The number of anilines is 2. The summed E-state index contributed by atoms with van der Waals surface area (Å²) in [6.07, 6.45) is 3.07. The highest BCUT2D eigenvalue weighted by molar-refractivity contribution is 7.18. The predicted molar refractivity (Wildman–Crippen MR) is 146 cm³/mol. The number of fused-ring (bicyclic) bond motifs is 1. The van der Waals surface area contributed by atoms with E-state index in [1.54, 1.807) is 27.9 Å². The number of aromatic nitrogens is 5. The normalized spacial score (nSPS) is 14.0. The lowest BCUT2D eigenvalue weighted by molar-refractivity contribution is 0.0240. The summed E-state index contributed by atoms with van der Waals surface area (Å²) in [5.41, 5.74) is 4.18. The van der Waals surface area contributed by atoms with Crippen LogP contribution >= 0.6 is 11.3 Å². The Morgan fingerprint density at radius 1 is 1.16 bits per heavy atom. The van der Waals surface area contributed by atoms with Crippen LogP contribution in [0.1, 0.15) is 33.3 Å². The summed E-state index contributed by atoms with van der Waals surface area (Å²) < 4.78 is 7.27. The summed E-state index contributed by atoms with van der Waals surface area (Å²) >= 11 is 1.50. The van der Waals surface area contributed by atoms with Crippen LogP contribution in [0, 0.1) is 11.3 Å². The van der Waals surface area contributed by atoms with E-state index in [0.29, 0.717) is 31.7 Å². The van der Waals surface area contributed by atoms with E-state index in [0.717, 1.165) is 44.8 Å². The summed E-state index contributed by atoms with van der Waals surface area (Å²) in [6.45, 7) is 10.8. The molecule has 38 heavy (non-hydrogen) atoms. The van der Waals surface area contributed by atoms with Crippen molar-refractivity contribution in [3.8, 4) is 28.0 Å². The Labute approximate surface area is 224 Å². The van der Waals surface area contributed by atoms with E-state index in [9.17, 15) is 4.79 Å². The minimum absolute atomic E-state index is 0.284. The van der Waals surface area contributed by atoms with Crippen LogP contribution in [-0.4, -0.2) is 74.1 Å². The molecule has 0 radical (unpaired) electrons. The second kappa shape index (κ2) is 10.3. The molecule has 5 heterocycles. The number of nitrogens with one attached hydrogen (secondary N) is 1. The summed E-state index contributed by atoms with van der Waals surface area (Å²) in [4.78, 5) is 21.0. The van der Waals surface area contributed by atoms with Crippen LogP contribution in [0.3, 0.4) is 0 Å².